The molecule has 3 heteroatoms. The molecule has 0 saturated heterocycles. The third-order valence-corrected chi connectivity index (χ3v) is 2.15. The lowest BCUT2D eigenvalue weighted by Gasteiger charge is -2.02. The first-order valence-electron chi connectivity index (χ1n) is 4.49. The van der Waals surface area contributed by atoms with Crippen LogP contribution in [-0.2, 0) is 12.8 Å². The molecule has 0 fully saturated rings. The Hall–Kier alpha value is -1.12. The van der Waals surface area contributed by atoms with Gasteiger partial charge in [0.15, 0.2) is 0 Å². The van der Waals surface area contributed by atoms with Gasteiger partial charge in [0.05, 0.1) is 0 Å². The van der Waals surface area contributed by atoms with Crippen LogP contribution in [0.1, 0.15) is 24.6 Å². The fourth-order valence-corrected chi connectivity index (χ4v) is 1.56. The molecule has 1 aliphatic rings. The third-order valence-electron chi connectivity index (χ3n) is 2.15. The average molecular weight is 163 g/mol. The number of aryl methyl sites for hydroxylation is 2. The number of hydrogen-bond acceptors (Lipinski definition) is 3. The van der Waals surface area contributed by atoms with E-state index in [1.54, 1.807) is 0 Å². The van der Waals surface area contributed by atoms with E-state index in [1.807, 2.05) is 6.20 Å². The SMILES string of the molecule is CCNc1ncc2c(n1)CCC2. The summed E-state index contributed by atoms with van der Waals surface area (Å²) in [5, 5.41) is 3.12. The van der Waals surface area contributed by atoms with Crippen molar-refractivity contribution in [2.45, 2.75) is 26.2 Å². The molecule has 3 nitrogen and oxygen atoms in total. The lowest BCUT2D eigenvalue weighted by Crippen LogP contribution is -2.03. The first kappa shape index (κ1) is 7.53. The van der Waals surface area contributed by atoms with Gasteiger partial charge in [-0.3, -0.25) is 0 Å². The van der Waals surface area contributed by atoms with Crippen molar-refractivity contribution >= 4 is 5.95 Å². The molecule has 1 aliphatic carbocycles. The highest BCUT2D eigenvalue weighted by Crippen LogP contribution is 2.19. The summed E-state index contributed by atoms with van der Waals surface area (Å²) in [6.07, 6.45) is 5.46. The van der Waals surface area contributed by atoms with Crippen LogP contribution in [0, 0.1) is 0 Å². The van der Waals surface area contributed by atoms with E-state index in [0.717, 1.165) is 25.3 Å². The predicted molar refractivity (Wildman–Crippen MR) is 48.2 cm³/mol. The van der Waals surface area contributed by atoms with Gasteiger partial charge in [-0.15, -0.1) is 0 Å². The van der Waals surface area contributed by atoms with Gasteiger partial charge in [-0.1, -0.05) is 0 Å². The topological polar surface area (TPSA) is 37.8 Å². The molecule has 64 valence electrons. The molecular formula is C9H13N3. The standard InChI is InChI=1S/C9H13N3/c1-2-10-9-11-6-7-4-3-5-8(7)12-9/h6H,2-5H2,1H3,(H,10,11,12). The summed E-state index contributed by atoms with van der Waals surface area (Å²) in [7, 11) is 0. The molecule has 1 aromatic heterocycles. The minimum absolute atomic E-state index is 0.776. The molecule has 2 rings (SSSR count). The molecule has 1 N–H and O–H groups in total. The maximum Gasteiger partial charge on any atom is 0.222 e. The van der Waals surface area contributed by atoms with Crippen LogP contribution in [0.15, 0.2) is 6.20 Å². The molecule has 0 radical (unpaired) electrons. The van der Waals surface area contributed by atoms with Crippen LogP contribution in [0.2, 0.25) is 0 Å². The van der Waals surface area contributed by atoms with Crippen LogP contribution in [0.4, 0.5) is 5.95 Å². The number of nitrogens with one attached hydrogen (secondary N) is 1. The van der Waals surface area contributed by atoms with E-state index in [0.29, 0.717) is 0 Å². The zero-order chi connectivity index (χ0) is 8.39. The van der Waals surface area contributed by atoms with Gasteiger partial charge < -0.3 is 5.32 Å². The molecule has 0 saturated carbocycles. The quantitative estimate of drug-likeness (QED) is 0.716. The summed E-state index contributed by atoms with van der Waals surface area (Å²) < 4.78 is 0. The van der Waals surface area contributed by atoms with E-state index in [4.69, 9.17) is 0 Å². The van der Waals surface area contributed by atoms with Crippen molar-refractivity contribution < 1.29 is 0 Å². The van der Waals surface area contributed by atoms with E-state index >= 15 is 0 Å². The average Bonchev–Trinajstić information content (AvgIpc) is 2.51. The van der Waals surface area contributed by atoms with E-state index in [9.17, 15) is 0 Å². The summed E-state index contributed by atoms with van der Waals surface area (Å²) in [4.78, 5) is 8.64. The fourth-order valence-electron chi connectivity index (χ4n) is 1.56. The Bertz CT molecular complexity index is 283. The molecular weight excluding hydrogens is 150 g/mol. The Morgan fingerprint density at radius 1 is 1.50 bits per heavy atom. The minimum Gasteiger partial charge on any atom is -0.354 e. The minimum atomic E-state index is 0.776. The van der Waals surface area contributed by atoms with Crippen molar-refractivity contribution in [2.75, 3.05) is 11.9 Å². The molecule has 0 bridgehead atoms. The van der Waals surface area contributed by atoms with Crippen LogP contribution < -0.4 is 5.32 Å². The molecule has 0 unspecified atom stereocenters. The molecule has 12 heavy (non-hydrogen) atoms. The lowest BCUT2D eigenvalue weighted by molar-refractivity contribution is 0.899. The Labute approximate surface area is 72.2 Å². The number of hydrogen-bond donors (Lipinski definition) is 1. The second-order valence-corrected chi connectivity index (χ2v) is 3.05. The number of rotatable bonds is 2. The van der Waals surface area contributed by atoms with Crippen molar-refractivity contribution in [1.29, 1.82) is 0 Å². The highest BCUT2D eigenvalue weighted by molar-refractivity contribution is 5.31. The maximum atomic E-state index is 4.42. The first-order chi connectivity index (χ1) is 5.90. The van der Waals surface area contributed by atoms with Crippen LogP contribution in [0.25, 0.3) is 0 Å². The third kappa shape index (κ3) is 1.26. The van der Waals surface area contributed by atoms with Gasteiger partial charge >= 0.3 is 0 Å². The van der Waals surface area contributed by atoms with Crippen molar-refractivity contribution in [3.63, 3.8) is 0 Å². The summed E-state index contributed by atoms with van der Waals surface area (Å²) >= 11 is 0. The highest BCUT2D eigenvalue weighted by atomic mass is 15.1. The smallest absolute Gasteiger partial charge is 0.222 e. The summed E-state index contributed by atoms with van der Waals surface area (Å²) in [6, 6.07) is 0. The van der Waals surface area contributed by atoms with Crippen LogP contribution in [0.5, 0.6) is 0 Å². The fraction of sp³-hybridized carbons (Fsp3) is 0.556. The van der Waals surface area contributed by atoms with E-state index in [-0.39, 0.29) is 0 Å². The number of nitrogens with zero attached hydrogens (tertiary/aromatic N) is 2. The normalized spacial score (nSPS) is 14.4. The Balaban J connectivity index is 2.26. The van der Waals surface area contributed by atoms with Crippen molar-refractivity contribution in [3.05, 3.63) is 17.5 Å². The molecule has 0 atom stereocenters. The van der Waals surface area contributed by atoms with Gasteiger partial charge in [0.2, 0.25) is 5.95 Å². The van der Waals surface area contributed by atoms with Crippen LogP contribution >= 0.6 is 0 Å². The first-order valence-corrected chi connectivity index (χ1v) is 4.49. The van der Waals surface area contributed by atoms with Crippen molar-refractivity contribution in [2.24, 2.45) is 0 Å². The largest absolute Gasteiger partial charge is 0.354 e. The van der Waals surface area contributed by atoms with Gasteiger partial charge in [-0.25, -0.2) is 9.97 Å². The van der Waals surface area contributed by atoms with Gasteiger partial charge in [-0.2, -0.15) is 0 Å². The predicted octanol–water partition coefficient (Wildman–Crippen LogP) is 1.40. The van der Waals surface area contributed by atoms with Gasteiger partial charge in [0.1, 0.15) is 0 Å². The van der Waals surface area contributed by atoms with Gasteiger partial charge in [0, 0.05) is 18.4 Å². The monoisotopic (exact) mass is 163 g/mol. The number of fused-ring (bicyclic) bond motifs is 1. The Morgan fingerprint density at radius 3 is 3.25 bits per heavy atom. The van der Waals surface area contributed by atoms with Gasteiger partial charge in [-0.05, 0) is 31.7 Å². The lowest BCUT2D eigenvalue weighted by atomic mass is 10.3. The zero-order valence-corrected chi connectivity index (χ0v) is 7.30. The molecule has 0 aromatic carbocycles. The highest BCUT2D eigenvalue weighted by Gasteiger charge is 2.12. The summed E-state index contributed by atoms with van der Waals surface area (Å²) in [6.45, 7) is 2.94. The molecule has 1 aromatic rings. The Morgan fingerprint density at radius 2 is 2.42 bits per heavy atom. The molecule has 0 spiro atoms. The van der Waals surface area contributed by atoms with E-state index in [1.165, 1.54) is 17.7 Å². The van der Waals surface area contributed by atoms with Crippen LogP contribution in [0.3, 0.4) is 0 Å². The van der Waals surface area contributed by atoms with E-state index in [2.05, 4.69) is 22.2 Å². The maximum absolute atomic E-state index is 4.42. The van der Waals surface area contributed by atoms with E-state index < -0.39 is 0 Å². The molecule has 0 aliphatic heterocycles. The zero-order valence-electron chi connectivity index (χ0n) is 7.30. The van der Waals surface area contributed by atoms with Gasteiger partial charge in [0.25, 0.3) is 0 Å². The molecule has 0 amide bonds. The number of anilines is 1. The number of aromatic nitrogens is 2. The second-order valence-electron chi connectivity index (χ2n) is 3.05. The molecule has 1 heterocycles. The summed E-state index contributed by atoms with van der Waals surface area (Å²) in [5.74, 6) is 0.776. The summed E-state index contributed by atoms with van der Waals surface area (Å²) in [5.41, 5.74) is 2.57. The van der Waals surface area contributed by atoms with Crippen molar-refractivity contribution in [1.82, 2.24) is 9.97 Å². The second kappa shape index (κ2) is 3.09. The van der Waals surface area contributed by atoms with Crippen LogP contribution in [-0.4, -0.2) is 16.5 Å². The van der Waals surface area contributed by atoms with Crippen molar-refractivity contribution in [3.8, 4) is 0 Å². The Kier molecular flexibility index (Phi) is 1.94.